The predicted molar refractivity (Wildman–Crippen MR) is 119 cm³/mol. The lowest BCUT2D eigenvalue weighted by molar-refractivity contribution is -0.111. The van der Waals surface area contributed by atoms with Crippen molar-refractivity contribution in [2.45, 2.75) is 45.2 Å². The first-order valence-electron chi connectivity index (χ1n) is 10.6. The van der Waals surface area contributed by atoms with Crippen LogP contribution < -0.4 is 10.2 Å². The van der Waals surface area contributed by atoms with E-state index < -0.39 is 0 Å². The standard InChI is InChI=1S/C24H30N4O/c1-18-15-21(27-14-11-22(17-27)28-13-4-5-19(28)2)8-9-23(18)26-24(29)10-7-20-6-3-12-25-16-20/h3,6-10,12,15-16,19,22H,4-5,11,13-14,17H2,1-2H3,(H,26,29). The minimum atomic E-state index is -0.131. The molecule has 2 unspecified atom stereocenters. The van der Waals surface area contributed by atoms with Gasteiger partial charge in [-0.15, -0.1) is 0 Å². The van der Waals surface area contributed by atoms with Crippen LogP contribution in [0.2, 0.25) is 0 Å². The maximum Gasteiger partial charge on any atom is 0.248 e. The number of rotatable bonds is 5. The Kier molecular flexibility index (Phi) is 5.95. The normalized spacial score (nSPS) is 22.5. The van der Waals surface area contributed by atoms with E-state index in [1.54, 1.807) is 24.5 Å². The van der Waals surface area contributed by atoms with Crippen molar-refractivity contribution in [3.63, 3.8) is 0 Å². The molecule has 29 heavy (non-hydrogen) atoms. The molecule has 5 nitrogen and oxygen atoms in total. The summed E-state index contributed by atoms with van der Waals surface area (Å²) in [5, 5.41) is 2.98. The van der Waals surface area contributed by atoms with Gasteiger partial charge < -0.3 is 10.2 Å². The molecule has 3 heterocycles. The van der Waals surface area contributed by atoms with Crippen molar-refractivity contribution < 1.29 is 4.79 Å². The third-order valence-electron chi connectivity index (χ3n) is 6.18. The lowest BCUT2D eigenvalue weighted by Gasteiger charge is -2.28. The number of hydrogen-bond acceptors (Lipinski definition) is 4. The van der Waals surface area contributed by atoms with E-state index in [4.69, 9.17) is 0 Å². The van der Waals surface area contributed by atoms with Gasteiger partial charge in [0.2, 0.25) is 5.91 Å². The summed E-state index contributed by atoms with van der Waals surface area (Å²) >= 11 is 0. The second-order valence-corrected chi connectivity index (χ2v) is 8.23. The molecule has 2 fully saturated rings. The number of nitrogens with one attached hydrogen (secondary N) is 1. The summed E-state index contributed by atoms with van der Waals surface area (Å²) in [7, 11) is 0. The Labute approximate surface area is 173 Å². The van der Waals surface area contributed by atoms with Crippen LogP contribution in [0.1, 0.15) is 37.3 Å². The monoisotopic (exact) mass is 390 g/mol. The summed E-state index contributed by atoms with van der Waals surface area (Å²) in [4.78, 5) is 21.5. The van der Waals surface area contributed by atoms with Crippen molar-refractivity contribution in [3.05, 3.63) is 59.9 Å². The maximum atomic E-state index is 12.3. The Morgan fingerprint density at radius 1 is 1.24 bits per heavy atom. The van der Waals surface area contributed by atoms with Crippen molar-refractivity contribution in [2.24, 2.45) is 0 Å². The van der Waals surface area contributed by atoms with Gasteiger partial charge in [-0.3, -0.25) is 14.7 Å². The third-order valence-corrected chi connectivity index (χ3v) is 6.18. The van der Waals surface area contributed by atoms with Crippen LogP contribution in [0.5, 0.6) is 0 Å². The molecular formula is C24H30N4O. The lowest BCUT2D eigenvalue weighted by Crippen LogP contribution is -2.39. The number of aryl methyl sites for hydroxylation is 1. The molecule has 2 aliphatic rings. The molecule has 1 N–H and O–H groups in total. The Morgan fingerprint density at radius 2 is 2.14 bits per heavy atom. The number of anilines is 2. The van der Waals surface area contributed by atoms with Crippen LogP contribution >= 0.6 is 0 Å². The second kappa shape index (κ2) is 8.78. The number of amides is 1. The van der Waals surface area contributed by atoms with Gasteiger partial charge in [-0.1, -0.05) is 6.07 Å². The summed E-state index contributed by atoms with van der Waals surface area (Å²) in [6, 6.07) is 11.5. The van der Waals surface area contributed by atoms with Crippen molar-refractivity contribution >= 4 is 23.4 Å². The average molecular weight is 391 g/mol. The second-order valence-electron chi connectivity index (χ2n) is 8.23. The van der Waals surface area contributed by atoms with E-state index in [1.165, 1.54) is 31.5 Å². The minimum Gasteiger partial charge on any atom is -0.370 e. The zero-order valence-corrected chi connectivity index (χ0v) is 17.3. The number of aromatic nitrogens is 1. The van der Waals surface area contributed by atoms with E-state index in [1.807, 2.05) is 18.2 Å². The molecule has 1 aromatic heterocycles. The third kappa shape index (κ3) is 4.67. The molecule has 2 aromatic rings. The van der Waals surface area contributed by atoms with E-state index in [-0.39, 0.29) is 5.91 Å². The number of nitrogens with zero attached hydrogens (tertiary/aromatic N) is 3. The summed E-state index contributed by atoms with van der Waals surface area (Å²) in [6.07, 6.45) is 10.7. The van der Waals surface area contributed by atoms with Gasteiger partial charge in [0.1, 0.15) is 0 Å². The lowest BCUT2D eigenvalue weighted by atomic mass is 10.1. The maximum absolute atomic E-state index is 12.3. The molecule has 0 saturated carbocycles. The van der Waals surface area contributed by atoms with Crippen molar-refractivity contribution in [1.82, 2.24) is 9.88 Å². The Balaban J connectivity index is 1.37. The molecule has 0 radical (unpaired) electrons. The van der Waals surface area contributed by atoms with Crippen LogP contribution in [-0.2, 0) is 4.79 Å². The van der Waals surface area contributed by atoms with Crippen LogP contribution in [-0.4, -0.2) is 47.5 Å². The minimum absolute atomic E-state index is 0.131. The predicted octanol–water partition coefficient (Wildman–Crippen LogP) is 4.10. The van der Waals surface area contributed by atoms with Crippen LogP contribution in [0.15, 0.2) is 48.8 Å². The molecule has 2 atom stereocenters. The van der Waals surface area contributed by atoms with Gasteiger partial charge in [0, 0.05) is 55.0 Å². The van der Waals surface area contributed by atoms with E-state index >= 15 is 0 Å². The number of benzene rings is 1. The number of pyridine rings is 1. The van der Waals surface area contributed by atoms with E-state index in [0.717, 1.165) is 35.9 Å². The van der Waals surface area contributed by atoms with Crippen LogP contribution in [0.3, 0.4) is 0 Å². The molecule has 0 bridgehead atoms. The van der Waals surface area contributed by atoms with Crippen molar-refractivity contribution in [3.8, 4) is 0 Å². The molecule has 152 valence electrons. The zero-order valence-electron chi connectivity index (χ0n) is 17.3. The van der Waals surface area contributed by atoms with Gasteiger partial charge in [0.05, 0.1) is 0 Å². The summed E-state index contributed by atoms with van der Waals surface area (Å²) < 4.78 is 0. The highest BCUT2D eigenvalue weighted by Crippen LogP contribution is 2.30. The first-order chi connectivity index (χ1) is 14.1. The fourth-order valence-corrected chi connectivity index (χ4v) is 4.55. The molecule has 5 heteroatoms. The average Bonchev–Trinajstić information content (AvgIpc) is 3.37. The molecule has 2 aliphatic heterocycles. The number of carbonyl (C=O) groups excluding carboxylic acids is 1. The highest BCUT2D eigenvalue weighted by atomic mass is 16.1. The fraction of sp³-hybridized carbons (Fsp3) is 0.417. The topological polar surface area (TPSA) is 48.5 Å². The van der Waals surface area contributed by atoms with Crippen LogP contribution in [0, 0.1) is 6.92 Å². The van der Waals surface area contributed by atoms with Gasteiger partial charge in [-0.25, -0.2) is 0 Å². The molecule has 0 aliphatic carbocycles. The van der Waals surface area contributed by atoms with Gasteiger partial charge in [0.25, 0.3) is 0 Å². The highest BCUT2D eigenvalue weighted by Gasteiger charge is 2.32. The molecular weight excluding hydrogens is 360 g/mol. The largest absolute Gasteiger partial charge is 0.370 e. The van der Waals surface area contributed by atoms with Crippen molar-refractivity contribution in [2.75, 3.05) is 29.9 Å². The number of hydrogen-bond donors (Lipinski definition) is 1. The summed E-state index contributed by atoms with van der Waals surface area (Å²) in [5.74, 6) is -0.131. The molecule has 1 amide bonds. The van der Waals surface area contributed by atoms with Crippen LogP contribution in [0.4, 0.5) is 11.4 Å². The van der Waals surface area contributed by atoms with Gasteiger partial charge in [-0.2, -0.15) is 0 Å². The van der Waals surface area contributed by atoms with E-state index in [2.05, 4.69) is 46.1 Å². The summed E-state index contributed by atoms with van der Waals surface area (Å²) in [5.41, 5.74) is 4.11. The first-order valence-corrected chi connectivity index (χ1v) is 10.6. The van der Waals surface area contributed by atoms with Gasteiger partial charge in [-0.05, 0) is 81.1 Å². The Hall–Kier alpha value is -2.66. The van der Waals surface area contributed by atoms with Crippen LogP contribution in [0.25, 0.3) is 6.08 Å². The first kappa shape index (κ1) is 19.6. The quantitative estimate of drug-likeness (QED) is 0.781. The zero-order chi connectivity index (χ0) is 20.2. The molecule has 0 spiro atoms. The summed E-state index contributed by atoms with van der Waals surface area (Å²) in [6.45, 7) is 7.87. The smallest absolute Gasteiger partial charge is 0.248 e. The Bertz CT molecular complexity index is 880. The van der Waals surface area contributed by atoms with Gasteiger partial charge in [0.15, 0.2) is 0 Å². The SMILES string of the molecule is Cc1cc(N2CCC(N3CCCC3C)C2)ccc1NC(=O)C=Cc1cccnc1. The van der Waals surface area contributed by atoms with E-state index in [0.29, 0.717) is 6.04 Å². The number of carbonyl (C=O) groups is 1. The molecule has 2 saturated heterocycles. The Morgan fingerprint density at radius 3 is 2.86 bits per heavy atom. The highest BCUT2D eigenvalue weighted by molar-refractivity contribution is 6.02. The molecule has 4 rings (SSSR count). The van der Waals surface area contributed by atoms with Gasteiger partial charge >= 0.3 is 0 Å². The fourth-order valence-electron chi connectivity index (χ4n) is 4.55. The van der Waals surface area contributed by atoms with Crippen molar-refractivity contribution in [1.29, 1.82) is 0 Å². The molecule has 1 aromatic carbocycles. The number of likely N-dealkylation sites (tertiary alicyclic amines) is 1. The van der Waals surface area contributed by atoms with E-state index in [9.17, 15) is 4.79 Å².